The maximum absolute atomic E-state index is 4.23. The summed E-state index contributed by atoms with van der Waals surface area (Å²) < 4.78 is 0. The molecular formula is C13H19NS. The van der Waals surface area contributed by atoms with Crippen LogP contribution in [0.1, 0.15) is 24.5 Å². The normalized spacial score (nSPS) is 11.8. The van der Waals surface area contributed by atoms with Crippen molar-refractivity contribution in [3.63, 3.8) is 0 Å². The SMILES string of the molecule is CCc1ccc(CCC(=NC)SC)cc1. The Labute approximate surface area is 97.0 Å². The summed E-state index contributed by atoms with van der Waals surface area (Å²) in [7, 11) is 1.87. The quantitative estimate of drug-likeness (QED) is 0.559. The number of rotatable bonds is 4. The molecule has 0 aliphatic heterocycles. The summed E-state index contributed by atoms with van der Waals surface area (Å²) in [5.41, 5.74) is 2.82. The summed E-state index contributed by atoms with van der Waals surface area (Å²) in [5.74, 6) is 0. The fourth-order valence-electron chi connectivity index (χ4n) is 1.50. The highest BCUT2D eigenvalue weighted by Crippen LogP contribution is 2.10. The van der Waals surface area contributed by atoms with Gasteiger partial charge in [0.25, 0.3) is 0 Å². The van der Waals surface area contributed by atoms with Gasteiger partial charge >= 0.3 is 0 Å². The molecule has 1 rings (SSSR count). The van der Waals surface area contributed by atoms with Crippen molar-refractivity contribution in [3.05, 3.63) is 35.4 Å². The molecule has 0 spiro atoms. The zero-order valence-electron chi connectivity index (χ0n) is 9.79. The largest absolute Gasteiger partial charge is 0.286 e. The van der Waals surface area contributed by atoms with Gasteiger partial charge in [0.1, 0.15) is 0 Å². The fourth-order valence-corrected chi connectivity index (χ4v) is 1.99. The molecule has 0 unspecified atom stereocenters. The van der Waals surface area contributed by atoms with Crippen LogP contribution in [0.25, 0.3) is 0 Å². The summed E-state index contributed by atoms with van der Waals surface area (Å²) in [6.07, 6.45) is 5.36. The first-order chi connectivity index (χ1) is 7.30. The first-order valence-corrected chi connectivity index (χ1v) is 6.60. The van der Waals surface area contributed by atoms with Gasteiger partial charge in [-0.05, 0) is 36.6 Å². The third-order valence-electron chi connectivity index (χ3n) is 2.54. The number of hydrogen-bond donors (Lipinski definition) is 0. The molecule has 0 atom stereocenters. The number of aryl methyl sites for hydroxylation is 2. The highest BCUT2D eigenvalue weighted by molar-refractivity contribution is 8.13. The van der Waals surface area contributed by atoms with Crippen LogP contribution in [0.5, 0.6) is 0 Å². The molecule has 1 aromatic rings. The number of hydrogen-bond acceptors (Lipinski definition) is 2. The minimum absolute atomic E-state index is 1.06. The van der Waals surface area contributed by atoms with Gasteiger partial charge < -0.3 is 0 Å². The van der Waals surface area contributed by atoms with Gasteiger partial charge in [-0.2, -0.15) is 0 Å². The van der Waals surface area contributed by atoms with Gasteiger partial charge in [0, 0.05) is 7.05 Å². The van der Waals surface area contributed by atoms with E-state index in [1.165, 1.54) is 16.2 Å². The van der Waals surface area contributed by atoms with Crippen LogP contribution in [0, 0.1) is 0 Å². The maximum Gasteiger partial charge on any atom is 0.0673 e. The molecule has 0 aliphatic carbocycles. The topological polar surface area (TPSA) is 12.4 Å². The first-order valence-electron chi connectivity index (χ1n) is 5.37. The van der Waals surface area contributed by atoms with Gasteiger partial charge in [-0.25, -0.2) is 0 Å². The number of nitrogens with zero attached hydrogens (tertiary/aromatic N) is 1. The van der Waals surface area contributed by atoms with Gasteiger partial charge in [-0.1, -0.05) is 31.2 Å². The van der Waals surface area contributed by atoms with Crippen molar-refractivity contribution in [2.75, 3.05) is 13.3 Å². The van der Waals surface area contributed by atoms with Crippen molar-refractivity contribution >= 4 is 16.8 Å². The molecule has 2 heteroatoms. The molecule has 0 N–H and O–H groups in total. The van der Waals surface area contributed by atoms with E-state index < -0.39 is 0 Å². The molecule has 0 aromatic heterocycles. The van der Waals surface area contributed by atoms with E-state index in [1.54, 1.807) is 11.8 Å². The molecule has 82 valence electrons. The Balaban J connectivity index is 2.51. The van der Waals surface area contributed by atoms with Crippen molar-refractivity contribution < 1.29 is 0 Å². The molecule has 0 aliphatic rings. The summed E-state index contributed by atoms with van der Waals surface area (Å²) in [5, 5.41) is 1.23. The maximum atomic E-state index is 4.23. The average molecular weight is 221 g/mol. The molecule has 1 nitrogen and oxygen atoms in total. The third kappa shape index (κ3) is 4.08. The van der Waals surface area contributed by atoms with Crippen molar-refractivity contribution in [3.8, 4) is 0 Å². The van der Waals surface area contributed by atoms with E-state index in [2.05, 4.69) is 42.4 Å². The van der Waals surface area contributed by atoms with Crippen molar-refractivity contribution in [2.24, 2.45) is 4.99 Å². The fraction of sp³-hybridized carbons (Fsp3) is 0.462. The molecule has 0 saturated heterocycles. The van der Waals surface area contributed by atoms with E-state index in [9.17, 15) is 0 Å². The first kappa shape index (κ1) is 12.3. The number of aliphatic imine (C=N–C) groups is 1. The van der Waals surface area contributed by atoms with Crippen molar-refractivity contribution in [1.29, 1.82) is 0 Å². The van der Waals surface area contributed by atoms with E-state index in [0.717, 1.165) is 19.3 Å². The van der Waals surface area contributed by atoms with Crippen LogP contribution >= 0.6 is 11.8 Å². The van der Waals surface area contributed by atoms with E-state index >= 15 is 0 Å². The molecule has 0 amide bonds. The van der Waals surface area contributed by atoms with E-state index in [1.807, 2.05) is 7.05 Å². The number of benzene rings is 1. The standard InChI is InChI=1S/C13H19NS/c1-4-11-5-7-12(8-6-11)9-10-13(14-2)15-3/h5-8H,4,9-10H2,1-3H3. The minimum Gasteiger partial charge on any atom is -0.286 e. The molecule has 0 radical (unpaired) electrons. The number of thioether (sulfide) groups is 1. The lowest BCUT2D eigenvalue weighted by Gasteiger charge is -2.03. The molecular weight excluding hydrogens is 202 g/mol. The molecule has 1 aromatic carbocycles. The predicted molar refractivity (Wildman–Crippen MR) is 71.0 cm³/mol. The lowest BCUT2D eigenvalue weighted by Crippen LogP contribution is -1.95. The molecule has 0 saturated carbocycles. The predicted octanol–water partition coefficient (Wildman–Crippen LogP) is 3.57. The Hall–Kier alpha value is -0.760. The zero-order valence-corrected chi connectivity index (χ0v) is 10.6. The van der Waals surface area contributed by atoms with Crippen molar-refractivity contribution in [2.45, 2.75) is 26.2 Å². The Kier molecular flexibility index (Phi) is 5.48. The highest BCUT2D eigenvalue weighted by atomic mass is 32.2. The van der Waals surface area contributed by atoms with Crippen molar-refractivity contribution in [1.82, 2.24) is 0 Å². The molecule has 0 heterocycles. The summed E-state index contributed by atoms with van der Waals surface area (Å²) in [6.45, 7) is 2.19. The van der Waals surface area contributed by atoms with Gasteiger partial charge in [0.2, 0.25) is 0 Å². The van der Waals surface area contributed by atoms with Crippen LogP contribution in [-0.2, 0) is 12.8 Å². The highest BCUT2D eigenvalue weighted by Gasteiger charge is 1.98. The van der Waals surface area contributed by atoms with Crippen LogP contribution < -0.4 is 0 Å². The Bertz CT molecular complexity index is 314. The van der Waals surface area contributed by atoms with Crippen LogP contribution in [0.2, 0.25) is 0 Å². The molecule has 0 fully saturated rings. The Morgan fingerprint density at radius 1 is 1.20 bits per heavy atom. The van der Waals surface area contributed by atoms with E-state index in [4.69, 9.17) is 0 Å². The zero-order chi connectivity index (χ0) is 11.1. The van der Waals surface area contributed by atoms with Crippen LogP contribution in [0.15, 0.2) is 29.3 Å². The third-order valence-corrected chi connectivity index (χ3v) is 3.40. The lowest BCUT2D eigenvalue weighted by molar-refractivity contribution is 1.04. The van der Waals surface area contributed by atoms with Gasteiger partial charge in [-0.3, -0.25) is 4.99 Å². The Morgan fingerprint density at radius 2 is 1.80 bits per heavy atom. The summed E-state index contributed by atoms with van der Waals surface area (Å²) in [6, 6.07) is 8.90. The monoisotopic (exact) mass is 221 g/mol. The van der Waals surface area contributed by atoms with Crippen LogP contribution in [0.4, 0.5) is 0 Å². The smallest absolute Gasteiger partial charge is 0.0673 e. The average Bonchev–Trinajstić information content (AvgIpc) is 2.31. The summed E-state index contributed by atoms with van der Waals surface area (Å²) in [4.78, 5) is 4.23. The van der Waals surface area contributed by atoms with Gasteiger partial charge in [0.15, 0.2) is 0 Å². The van der Waals surface area contributed by atoms with E-state index in [0.29, 0.717) is 0 Å². The second-order valence-electron chi connectivity index (χ2n) is 3.49. The molecule has 0 bridgehead atoms. The van der Waals surface area contributed by atoms with Crippen LogP contribution in [0.3, 0.4) is 0 Å². The molecule has 15 heavy (non-hydrogen) atoms. The second kappa shape index (κ2) is 6.67. The van der Waals surface area contributed by atoms with E-state index in [-0.39, 0.29) is 0 Å². The van der Waals surface area contributed by atoms with Gasteiger partial charge in [0.05, 0.1) is 5.04 Å². The van der Waals surface area contributed by atoms with Gasteiger partial charge in [-0.15, -0.1) is 11.8 Å². The van der Waals surface area contributed by atoms with Crippen LogP contribution in [-0.4, -0.2) is 18.3 Å². The Morgan fingerprint density at radius 3 is 2.27 bits per heavy atom. The minimum atomic E-state index is 1.06. The summed E-state index contributed by atoms with van der Waals surface area (Å²) >= 11 is 1.75. The second-order valence-corrected chi connectivity index (χ2v) is 4.37. The lowest BCUT2D eigenvalue weighted by atomic mass is 10.1.